The highest BCUT2D eigenvalue weighted by Crippen LogP contribution is 2.30. The number of hydrogen-bond donors (Lipinski definition) is 1. The average Bonchev–Trinajstić information content (AvgIpc) is 2.84. The Morgan fingerprint density at radius 2 is 1.61 bits per heavy atom. The molecule has 3 aromatic carbocycles. The summed E-state index contributed by atoms with van der Waals surface area (Å²) in [7, 11) is 3.14. The first-order valence-electron chi connectivity index (χ1n) is 10.5. The normalized spacial score (nSPS) is 10.8. The Labute approximate surface area is 197 Å². The predicted molar refractivity (Wildman–Crippen MR) is 132 cm³/mol. The van der Waals surface area contributed by atoms with E-state index in [9.17, 15) is 4.79 Å². The van der Waals surface area contributed by atoms with Gasteiger partial charge in [-0.25, -0.2) is 9.97 Å². The second-order valence-electron chi connectivity index (χ2n) is 7.53. The highest BCUT2D eigenvalue weighted by atomic mass is 32.2. The van der Waals surface area contributed by atoms with Gasteiger partial charge in [-0.2, -0.15) is 0 Å². The molecule has 0 fully saturated rings. The van der Waals surface area contributed by atoms with E-state index in [-0.39, 0.29) is 11.7 Å². The summed E-state index contributed by atoms with van der Waals surface area (Å²) in [6.45, 7) is 2.07. The second kappa shape index (κ2) is 10.4. The molecule has 33 heavy (non-hydrogen) atoms. The maximum atomic E-state index is 12.7. The molecule has 0 unspecified atom stereocenters. The van der Waals surface area contributed by atoms with Crippen molar-refractivity contribution in [3.8, 4) is 11.5 Å². The quantitative estimate of drug-likeness (QED) is 0.362. The van der Waals surface area contributed by atoms with E-state index in [1.54, 1.807) is 32.4 Å². The molecule has 0 saturated carbocycles. The van der Waals surface area contributed by atoms with E-state index in [4.69, 9.17) is 19.4 Å². The van der Waals surface area contributed by atoms with E-state index in [2.05, 4.69) is 36.5 Å². The highest BCUT2D eigenvalue weighted by molar-refractivity contribution is 8.00. The molecule has 1 amide bonds. The Kier molecular flexibility index (Phi) is 7.10. The molecular weight excluding hydrogens is 434 g/mol. The van der Waals surface area contributed by atoms with Gasteiger partial charge in [-0.1, -0.05) is 53.7 Å². The van der Waals surface area contributed by atoms with Crippen LogP contribution in [0.15, 0.2) is 71.8 Å². The Bertz CT molecular complexity index is 1280. The van der Waals surface area contributed by atoms with Gasteiger partial charge in [0.15, 0.2) is 11.5 Å². The van der Waals surface area contributed by atoms with Crippen molar-refractivity contribution in [1.29, 1.82) is 0 Å². The van der Waals surface area contributed by atoms with Crippen LogP contribution >= 0.6 is 11.8 Å². The topological polar surface area (TPSA) is 73.3 Å². The number of ether oxygens (including phenoxy) is 2. The number of methoxy groups -OCH3 is 2. The Morgan fingerprint density at radius 1 is 0.909 bits per heavy atom. The molecular formula is C26H25N3O3S. The number of anilines is 1. The molecule has 0 aliphatic heterocycles. The van der Waals surface area contributed by atoms with Gasteiger partial charge in [0.05, 0.1) is 36.7 Å². The first-order valence-corrected chi connectivity index (χ1v) is 11.5. The highest BCUT2D eigenvalue weighted by Gasteiger charge is 2.14. The monoisotopic (exact) mass is 459 g/mol. The lowest BCUT2D eigenvalue weighted by Crippen LogP contribution is -2.14. The van der Waals surface area contributed by atoms with Crippen molar-refractivity contribution in [2.75, 3.05) is 25.3 Å². The smallest absolute Gasteiger partial charge is 0.234 e. The van der Waals surface area contributed by atoms with Gasteiger partial charge in [0.2, 0.25) is 5.91 Å². The first-order chi connectivity index (χ1) is 16.1. The molecule has 6 nitrogen and oxygen atoms in total. The molecule has 0 bridgehead atoms. The van der Waals surface area contributed by atoms with Gasteiger partial charge in [-0.3, -0.25) is 4.79 Å². The zero-order chi connectivity index (χ0) is 23.2. The number of aryl methyl sites for hydroxylation is 1. The number of carbonyl (C=O) groups excluding carboxylic acids is 1. The molecule has 0 spiro atoms. The van der Waals surface area contributed by atoms with E-state index >= 15 is 0 Å². The van der Waals surface area contributed by atoms with Crippen LogP contribution in [0.4, 0.5) is 5.69 Å². The molecule has 0 radical (unpaired) electrons. The van der Waals surface area contributed by atoms with Gasteiger partial charge in [-0.05, 0) is 36.8 Å². The van der Waals surface area contributed by atoms with E-state index in [0.29, 0.717) is 23.6 Å². The van der Waals surface area contributed by atoms with Gasteiger partial charge >= 0.3 is 0 Å². The largest absolute Gasteiger partial charge is 0.493 e. The van der Waals surface area contributed by atoms with Crippen LogP contribution in [-0.2, 0) is 11.2 Å². The molecule has 1 N–H and O–H groups in total. The summed E-state index contributed by atoms with van der Waals surface area (Å²) >= 11 is 1.39. The van der Waals surface area contributed by atoms with Crippen molar-refractivity contribution >= 4 is 34.4 Å². The van der Waals surface area contributed by atoms with Crippen molar-refractivity contribution in [3.05, 3.63) is 83.6 Å². The number of benzene rings is 3. The summed E-state index contributed by atoms with van der Waals surface area (Å²) in [6, 6.07) is 21.4. The molecule has 0 saturated heterocycles. The van der Waals surface area contributed by atoms with Crippen LogP contribution in [0.2, 0.25) is 0 Å². The Hall–Kier alpha value is -3.58. The van der Waals surface area contributed by atoms with Crippen molar-refractivity contribution in [1.82, 2.24) is 9.97 Å². The van der Waals surface area contributed by atoms with Crippen LogP contribution in [-0.4, -0.2) is 35.8 Å². The molecule has 0 aliphatic carbocycles. The molecule has 0 atom stereocenters. The summed E-state index contributed by atoms with van der Waals surface area (Å²) in [5.74, 6) is 1.24. The first kappa shape index (κ1) is 22.6. The zero-order valence-corrected chi connectivity index (χ0v) is 19.6. The van der Waals surface area contributed by atoms with E-state index in [1.165, 1.54) is 17.3 Å². The maximum Gasteiger partial charge on any atom is 0.234 e. The minimum atomic E-state index is -0.136. The second-order valence-corrected chi connectivity index (χ2v) is 8.50. The van der Waals surface area contributed by atoms with Gasteiger partial charge in [0, 0.05) is 18.2 Å². The lowest BCUT2D eigenvalue weighted by molar-refractivity contribution is -0.113. The fraction of sp³-hybridized carbons (Fsp3) is 0.192. The Balaban J connectivity index is 1.52. The number of nitrogens with zero attached hydrogens (tertiary/aromatic N) is 2. The summed E-state index contributed by atoms with van der Waals surface area (Å²) in [4.78, 5) is 22.3. The fourth-order valence-electron chi connectivity index (χ4n) is 3.40. The number of para-hydroxylation sites is 2. The third-order valence-electron chi connectivity index (χ3n) is 5.11. The molecule has 4 aromatic rings. The summed E-state index contributed by atoms with van der Waals surface area (Å²) in [5, 5.41) is 3.67. The van der Waals surface area contributed by atoms with E-state index in [0.717, 1.165) is 27.3 Å². The average molecular weight is 460 g/mol. The maximum absolute atomic E-state index is 12.7. The SMILES string of the molecule is COc1ccc(NC(=O)CSc2nc3ccccc3nc2Cc2ccc(C)cc2)cc1OC. The van der Waals surface area contributed by atoms with Crippen LogP contribution in [0, 0.1) is 6.92 Å². The van der Waals surface area contributed by atoms with E-state index < -0.39 is 0 Å². The number of hydrogen-bond acceptors (Lipinski definition) is 6. The predicted octanol–water partition coefficient (Wildman–Crippen LogP) is 5.28. The van der Waals surface area contributed by atoms with Gasteiger partial charge < -0.3 is 14.8 Å². The summed E-state index contributed by atoms with van der Waals surface area (Å²) < 4.78 is 10.6. The summed E-state index contributed by atoms with van der Waals surface area (Å²) in [5.41, 5.74) is 5.53. The summed E-state index contributed by atoms with van der Waals surface area (Å²) in [6.07, 6.45) is 0.651. The Morgan fingerprint density at radius 3 is 2.30 bits per heavy atom. The number of carbonyl (C=O) groups is 1. The lowest BCUT2D eigenvalue weighted by Gasteiger charge is -2.12. The minimum absolute atomic E-state index is 0.136. The van der Waals surface area contributed by atoms with Gasteiger partial charge in [-0.15, -0.1) is 0 Å². The van der Waals surface area contributed by atoms with Crippen molar-refractivity contribution in [2.24, 2.45) is 0 Å². The number of nitrogens with one attached hydrogen (secondary N) is 1. The van der Waals surface area contributed by atoms with Crippen LogP contribution in [0.25, 0.3) is 11.0 Å². The van der Waals surface area contributed by atoms with Gasteiger partial charge in [0.25, 0.3) is 0 Å². The number of rotatable bonds is 8. The molecule has 1 heterocycles. The molecule has 0 aliphatic rings. The molecule has 4 rings (SSSR count). The van der Waals surface area contributed by atoms with Gasteiger partial charge in [0.1, 0.15) is 5.03 Å². The molecule has 1 aromatic heterocycles. The zero-order valence-electron chi connectivity index (χ0n) is 18.8. The number of fused-ring (bicyclic) bond motifs is 1. The third kappa shape index (κ3) is 5.62. The van der Waals surface area contributed by atoms with Crippen molar-refractivity contribution in [2.45, 2.75) is 18.4 Å². The fourth-order valence-corrected chi connectivity index (χ4v) is 4.18. The molecule has 7 heteroatoms. The number of aromatic nitrogens is 2. The number of amides is 1. The van der Waals surface area contributed by atoms with E-state index in [1.807, 2.05) is 24.3 Å². The third-order valence-corrected chi connectivity index (χ3v) is 6.11. The van der Waals surface area contributed by atoms with Crippen LogP contribution < -0.4 is 14.8 Å². The standard InChI is InChI=1S/C26H25N3O3S/c1-17-8-10-18(11-9-17)14-22-26(29-21-7-5-4-6-20(21)28-22)33-16-25(30)27-19-12-13-23(31-2)24(15-19)32-3/h4-13,15H,14,16H2,1-3H3,(H,27,30). The van der Waals surface area contributed by atoms with Crippen molar-refractivity contribution in [3.63, 3.8) is 0 Å². The minimum Gasteiger partial charge on any atom is -0.493 e. The lowest BCUT2D eigenvalue weighted by atomic mass is 10.1. The van der Waals surface area contributed by atoms with Crippen LogP contribution in [0.1, 0.15) is 16.8 Å². The van der Waals surface area contributed by atoms with Crippen LogP contribution in [0.3, 0.4) is 0 Å². The van der Waals surface area contributed by atoms with Crippen molar-refractivity contribution < 1.29 is 14.3 Å². The molecule has 168 valence electrons. The number of thioether (sulfide) groups is 1. The van der Waals surface area contributed by atoms with Crippen LogP contribution in [0.5, 0.6) is 11.5 Å².